The Morgan fingerprint density at radius 3 is 2.19 bits per heavy atom. The number of carbonyl (C=O) groups is 3. The summed E-state index contributed by atoms with van der Waals surface area (Å²) in [4.78, 5) is 37.4. The van der Waals surface area contributed by atoms with Gasteiger partial charge in [-0.05, 0) is 30.8 Å². The molecule has 4 aliphatic rings. The van der Waals surface area contributed by atoms with Gasteiger partial charge in [-0.1, -0.05) is 27.4 Å². The van der Waals surface area contributed by atoms with E-state index in [1.54, 1.807) is 0 Å². The van der Waals surface area contributed by atoms with Gasteiger partial charge in [0.2, 0.25) is 0 Å². The van der Waals surface area contributed by atoms with Gasteiger partial charge in [0.15, 0.2) is 5.78 Å². The molecule has 7 nitrogen and oxygen atoms in total. The van der Waals surface area contributed by atoms with E-state index in [1.807, 2.05) is 20.8 Å². The van der Waals surface area contributed by atoms with Crippen molar-refractivity contribution in [3.05, 3.63) is 12.2 Å². The number of fused-ring (bicyclic) bond motifs is 3. The maximum absolute atomic E-state index is 13.5. The zero-order valence-electron chi connectivity index (χ0n) is 19.0. The fourth-order valence-corrected chi connectivity index (χ4v) is 8.21. The van der Waals surface area contributed by atoms with Gasteiger partial charge in [-0.2, -0.15) is 0 Å². The van der Waals surface area contributed by atoms with Gasteiger partial charge in [0.25, 0.3) is 0 Å². The molecule has 2 N–H and O–H groups in total. The Bertz CT molecular complexity index is 847. The number of Topliss-reactive ketones (excluding diaryl/α,β-unsaturated/α-hetero) is 1. The molecule has 2 bridgehead atoms. The van der Waals surface area contributed by atoms with Crippen molar-refractivity contribution >= 4 is 17.7 Å². The minimum absolute atomic E-state index is 0.0667. The van der Waals surface area contributed by atoms with Crippen molar-refractivity contribution in [3.63, 3.8) is 0 Å². The van der Waals surface area contributed by atoms with E-state index in [9.17, 15) is 24.6 Å². The molecule has 4 saturated carbocycles. The second-order valence-corrected chi connectivity index (χ2v) is 11.1. The zero-order valence-corrected chi connectivity index (χ0v) is 19.0. The molecule has 0 saturated heterocycles. The molecular weight excluding hydrogens is 400 g/mol. The van der Waals surface area contributed by atoms with Gasteiger partial charge in [-0.15, -0.1) is 0 Å². The lowest BCUT2D eigenvalue weighted by Gasteiger charge is -2.67. The number of ketones is 1. The van der Waals surface area contributed by atoms with Crippen LogP contribution in [0.2, 0.25) is 0 Å². The molecule has 4 fully saturated rings. The predicted octanol–water partition coefficient (Wildman–Crippen LogP) is 2.18. The fraction of sp³-hybridized carbons (Fsp3) is 0.792. The van der Waals surface area contributed by atoms with Crippen molar-refractivity contribution < 1.29 is 34.1 Å². The minimum Gasteiger partial charge on any atom is -0.462 e. The molecule has 4 rings (SSSR count). The maximum atomic E-state index is 13.5. The van der Waals surface area contributed by atoms with Crippen LogP contribution in [-0.2, 0) is 23.9 Å². The van der Waals surface area contributed by atoms with Gasteiger partial charge in [-0.25, -0.2) is 0 Å². The van der Waals surface area contributed by atoms with Gasteiger partial charge >= 0.3 is 11.9 Å². The number of hydrogen-bond acceptors (Lipinski definition) is 7. The topological polar surface area (TPSA) is 110 Å². The highest BCUT2D eigenvalue weighted by atomic mass is 16.6. The number of carbonyl (C=O) groups excluding carboxylic acids is 3. The molecule has 9 atom stereocenters. The number of ether oxygens (including phenoxy) is 2. The molecule has 31 heavy (non-hydrogen) atoms. The molecule has 0 aromatic carbocycles. The van der Waals surface area contributed by atoms with Gasteiger partial charge < -0.3 is 19.7 Å². The van der Waals surface area contributed by atoms with Crippen LogP contribution in [0, 0.1) is 34.0 Å². The Hall–Kier alpha value is -1.73. The predicted molar refractivity (Wildman–Crippen MR) is 111 cm³/mol. The molecule has 4 aliphatic carbocycles. The standard InChI is InChI=1S/C24H34O7/c1-11-14-7-15(27)19-23(6)17(28)8-18(31-13(3)26)22(4,5)20(23)16(30-12(2)25)10-24(19,9-14)21(11)29/h14-20,27-28H,1,7-10H2,2-6H3. The minimum atomic E-state index is -0.942. The number of esters is 2. The normalized spacial score (nSPS) is 47.9. The first-order valence-corrected chi connectivity index (χ1v) is 11.2. The quantitative estimate of drug-likeness (QED) is 0.506. The lowest BCUT2D eigenvalue weighted by Crippen LogP contribution is -2.72. The van der Waals surface area contributed by atoms with E-state index in [0.717, 1.165) is 0 Å². The Morgan fingerprint density at radius 1 is 1.00 bits per heavy atom. The average Bonchev–Trinajstić information content (AvgIpc) is 2.79. The lowest BCUT2D eigenvalue weighted by molar-refractivity contribution is -0.279. The SMILES string of the molecule is C=C1C(=O)C23CC1CC(O)C2C1(C)C(O)CC(OC(C)=O)C(C)(C)C1C(OC(C)=O)C3. The van der Waals surface area contributed by atoms with E-state index >= 15 is 0 Å². The van der Waals surface area contributed by atoms with Crippen LogP contribution >= 0.6 is 0 Å². The molecule has 0 heterocycles. The van der Waals surface area contributed by atoms with Gasteiger partial charge in [0.1, 0.15) is 12.2 Å². The first-order valence-electron chi connectivity index (χ1n) is 11.2. The summed E-state index contributed by atoms with van der Waals surface area (Å²) in [7, 11) is 0. The van der Waals surface area contributed by atoms with Gasteiger partial charge in [-0.3, -0.25) is 14.4 Å². The molecule has 0 radical (unpaired) electrons. The molecule has 0 amide bonds. The van der Waals surface area contributed by atoms with Crippen LogP contribution in [0.5, 0.6) is 0 Å². The van der Waals surface area contributed by atoms with Crippen molar-refractivity contribution in [3.8, 4) is 0 Å². The molecule has 7 heteroatoms. The highest BCUT2D eigenvalue weighted by Gasteiger charge is 2.75. The monoisotopic (exact) mass is 434 g/mol. The Kier molecular flexibility index (Phi) is 4.99. The average molecular weight is 435 g/mol. The third-order valence-corrected chi connectivity index (χ3v) is 9.04. The maximum Gasteiger partial charge on any atom is 0.302 e. The number of aliphatic hydroxyl groups is 2. The first-order chi connectivity index (χ1) is 14.3. The third-order valence-electron chi connectivity index (χ3n) is 9.04. The molecule has 1 spiro atoms. The second-order valence-electron chi connectivity index (χ2n) is 11.1. The van der Waals surface area contributed by atoms with Crippen molar-refractivity contribution in [2.45, 2.75) is 84.7 Å². The molecular formula is C24H34O7. The van der Waals surface area contributed by atoms with E-state index in [4.69, 9.17) is 9.47 Å². The van der Waals surface area contributed by atoms with Crippen molar-refractivity contribution in [1.29, 1.82) is 0 Å². The Morgan fingerprint density at radius 2 is 1.61 bits per heavy atom. The summed E-state index contributed by atoms with van der Waals surface area (Å²) in [6, 6.07) is 0. The number of allylic oxidation sites excluding steroid dienone is 1. The smallest absolute Gasteiger partial charge is 0.302 e. The lowest BCUT2D eigenvalue weighted by atomic mass is 9.38. The first kappa shape index (κ1) is 22.5. The Labute approximate surface area is 183 Å². The summed E-state index contributed by atoms with van der Waals surface area (Å²) < 4.78 is 11.4. The molecule has 0 aromatic rings. The molecule has 9 unspecified atom stereocenters. The van der Waals surface area contributed by atoms with Crippen LogP contribution in [-0.4, -0.2) is 52.4 Å². The van der Waals surface area contributed by atoms with Crippen molar-refractivity contribution in [1.82, 2.24) is 0 Å². The number of aliphatic hydroxyl groups excluding tert-OH is 2. The van der Waals surface area contributed by atoms with Crippen LogP contribution in [0.25, 0.3) is 0 Å². The summed E-state index contributed by atoms with van der Waals surface area (Å²) in [5.41, 5.74) is -1.94. The third kappa shape index (κ3) is 2.88. The largest absolute Gasteiger partial charge is 0.462 e. The molecule has 172 valence electrons. The fourth-order valence-electron chi connectivity index (χ4n) is 8.21. The summed E-state index contributed by atoms with van der Waals surface area (Å²) in [6.07, 6.45) is -1.46. The van der Waals surface area contributed by atoms with E-state index in [2.05, 4.69) is 6.58 Å². The Balaban J connectivity index is 1.90. The van der Waals surface area contributed by atoms with E-state index in [-0.39, 0.29) is 24.5 Å². The molecule has 0 aliphatic heterocycles. The highest BCUT2D eigenvalue weighted by Crippen LogP contribution is 2.71. The second kappa shape index (κ2) is 6.88. The number of hydrogen-bond donors (Lipinski definition) is 2. The zero-order chi connectivity index (χ0) is 23.1. The highest BCUT2D eigenvalue weighted by molar-refractivity contribution is 6.03. The summed E-state index contributed by atoms with van der Waals surface area (Å²) >= 11 is 0. The van der Waals surface area contributed by atoms with E-state index < -0.39 is 64.4 Å². The molecule has 0 aromatic heterocycles. The number of rotatable bonds is 2. The summed E-state index contributed by atoms with van der Waals surface area (Å²) in [6.45, 7) is 12.5. The van der Waals surface area contributed by atoms with Crippen LogP contribution in [0.4, 0.5) is 0 Å². The van der Waals surface area contributed by atoms with E-state index in [1.165, 1.54) is 13.8 Å². The van der Waals surface area contributed by atoms with Gasteiger partial charge in [0, 0.05) is 48.3 Å². The summed E-state index contributed by atoms with van der Waals surface area (Å²) in [5.74, 6) is -1.96. The van der Waals surface area contributed by atoms with Crippen LogP contribution in [0.3, 0.4) is 0 Å². The van der Waals surface area contributed by atoms with E-state index in [0.29, 0.717) is 18.4 Å². The van der Waals surface area contributed by atoms with Crippen molar-refractivity contribution in [2.75, 3.05) is 0 Å². The van der Waals surface area contributed by atoms with Gasteiger partial charge in [0.05, 0.1) is 12.2 Å². The van der Waals surface area contributed by atoms with Crippen LogP contribution in [0.1, 0.15) is 60.3 Å². The van der Waals surface area contributed by atoms with Crippen LogP contribution in [0.15, 0.2) is 12.2 Å². The van der Waals surface area contributed by atoms with Crippen LogP contribution < -0.4 is 0 Å². The summed E-state index contributed by atoms with van der Waals surface area (Å²) in [5, 5.41) is 22.8. The van der Waals surface area contributed by atoms with Crippen molar-refractivity contribution in [2.24, 2.45) is 34.0 Å².